The molecule has 0 aliphatic rings. The first-order valence-electron chi connectivity index (χ1n) is 6.51. The molecule has 0 heterocycles. The third-order valence-corrected chi connectivity index (χ3v) is 3.52. The highest BCUT2D eigenvalue weighted by Gasteiger charge is 2.19. The minimum absolute atomic E-state index is 0.125. The zero-order valence-corrected chi connectivity index (χ0v) is 12.9. The van der Waals surface area contributed by atoms with Crippen molar-refractivity contribution in [1.29, 1.82) is 0 Å². The Labute approximate surface area is 133 Å². The summed E-state index contributed by atoms with van der Waals surface area (Å²) in [5.41, 5.74) is 1.14. The molecule has 1 unspecified atom stereocenters. The third kappa shape index (κ3) is 3.62. The maximum Gasteiger partial charge on any atom is 0.246 e. The summed E-state index contributed by atoms with van der Waals surface area (Å²) < 4.78 is 10.3. The van der Waals surface area contributed by atoms with Crippen LogP contribution < -0.4 is 14.8 Å². The van der Waals surface area contributed by atoms with Gasteiger partial charge in [0.25, 0.3) is 0 Å². The first-order chi connectivity index (χ1) is 10.5. The van der Waals surface area contributed by atoms with E-state index in [1.165, 1.54) is 26.4 Å². The predicted molar refractivity (Wildman–Crippen MR) is 84.9 cm³/mol. The molecule has 5 nitrogen and oxygen atoms in total. The van der Waals surface area contributed by atoms with Crippen molar-refractivity contribution in [2.75, 3.05) is 19.5 Å². The summed E-state index contributed by atoms with van der Waals surface area (Å²) in [5, 5.41) is 11.0. The summed E-state index contributed by atoms with van der Waals surface area (Å²) >= 11 is 6.20. The van der Waals surface area contributed by atoms with E-state index in [2.05, 4.69) is 5.32 Å². The molecule has 0 saturated carbocycles. The number of ether oxygens (including phenoxy) is 2. The molecule has 0 aromatic heterocycles. The van der Waals surface area contributed by atoms with E-state index in [1.807, 2.05) is 0 Å². The van der Waals surface area contributed by atoms with Crippen LogP contribution in [0.5, 0.6) is 17.2 Å². The van der Waals surface area contributed by atoms with E-state index in [-0.39, 0.29) is 11.7 Å². The van der Waals surface area contributed by atoms with Gasteiger partial charge in [0.15, 0.2) is 11.5 Å². The average Bonchev–Trinajstić information content (AvgIpc) is 2.55. The van der Waals surface area contributed by atoms with E-state index in [9.17, 15) is 9.90 Å². The minimum atomic E-state index is -0.881. The quantitative estimate of drug-likeness (QED) is 0.655. The molecule has 1 amide bonds. The van der Waals surface area contributed by atoms with Crippen LogP contribution in [-0.4, -0.2) is 25.2 Å². The van der Waals surface area contributed by atoms with Gasteiger partial charge in [-0.05, 0) is 42.0 Å². The number of halogens is 1. The second kappa shape index (κ2) is 7.04. The molecule has 0 aliphatic carbocycles. The standard InChI is InChI=1S/C16H16ClNO4/c1-21-13-8-3-10(9-14(13)22-2)15(17)16(20)18-11-4-6-12(19)7-5-11/h3-9,15,19H,1-2H3,(H,18,20). The number of carbonyl (C=O) groups is 1. The molecule has 6 heteroatoms. The fourth-order valence-corrected chi connectivity index (χ4v) is 2.10. The monoisotopic (exact) mass is 321 g/mol. The molecule has 0 fully saturated rings. The summed E-state index contributed by atoms with van der Waals surface area (Å²) in [5.74, 6) is 0.817. The van der Waals surface area contributed by atoms with E-state index >= 15 is 0 Å². The lowest BCUT2D eigenvalue weighted by Crippen LogP contribution is -2.17. The Morgan fingerprint density at radius 3 is 2.32 bits per heavy atom. The van der Waals surface area contributed by atoms with Crippen LogP contribution in [0, 0.1) is 0 Å². The van der Waals surface area contributed by atoms with Gasteiger partial charge in [-0.3, -0.25) is 4.79 Å². The molecule has 116 valence electrons. The summed E-state index contributed by atoms with van der Waals surface area (Å²) in [7, 11) is 3.05. The van der Waals surface area contributed by atoms with Crippen molar-refractivity contribution in [2.24, 2.45) is 0 Å². The molecule has 2 N–H and O–H groups in total. The van der Waals surface area contributed by atoms with Gasteiger partial charge in [0.1, 0.15) is 11.1 Å². The number of benzene rings is 2. The van der Waals surface area contributed by atoms with Gasteiger partial charge in [-0.15, -0.1) is 11.6 Å². The lowest BCUT2D eigenvalue weighted by atomic mass is 10.1. The molecule has 2 aromatic rings. The van der Waals surface area contributed by atoms with Gasteiger partial charge in [-0.2, -0.15) is 0 Å². The number of anilines is 1. The number of rotatable bonds is 5. The number of hydrogen-bond donors (Lipinski definition) is 2. The zero-order chi connectivity index (χ0) is 16.1. The molecule has 0 radical (unpaired) electrons. The topological polar surface area (TPSA) is 67.8 Å². The summed E-state index contributed by atoms with van der Waals surface area (Å²) in [6.07, 6.45) is 0. The van der Waals surface area contributed by atoms with Crippen molar-refractivity contribution < 1.29 is 19.4 Å². The van der Waals surface area contributed by atoms with Crippen LogP contribution in [0.15, 0.2) is 42.5 Å². The molecule has 0 aliphatic heterocycles. The fourth-order valence-electron chi connectivity index (χ4n) is 1.91. The molecule has 22 heavy (non-hydrogen) atoms. The Kier molecular flexibility index (Phi) is 5.12. The maximum absolute atomic E-state index is 12.2. The molecule has 0 saturated heterocycles. The maximum atomic E-state index is 12.2. The Morgan fingerprint density at radius 2 is 1.73 bits per heavy atom. The van der Waals surface area contributed by atoms with E-state index in [0.717, 1.165) is 0 Å². The van der Waals surface area contributed by atoms with Gasteiger partial charge in [0.2, 0.25) is 5.91 Å². The van der Waals surface area contributed by atoms with E-state index < -0.39 is 5.38 Å². The lowest BCUT2D eigenvalue weighted by Gasteiger charge is -2.14. The van der Waals surface area contributed by atoms with Crippen LogP contribution in [0.3, 0.4) is 0 Å². The number of hydrogen-bond acceptors (Lipinski definition) is 4. The van der Waals surface area contributed by atoms with Gasteiger partial charge in [0.05, 0.1) is 14.2 Å². The molecule has 0 spiro atoms. The highest BCUT2D eigenvalue weighted by atomic mass is 35.5. The first kappa shape index (κ1) is 16.0. The van der Waals surface area contributed by atoms with Crippen LogP contribution in [0.1, 0.15) is 10.9 Å². The number of phenolic OH excluding ortho intramolecular Hbond substituents is 1. The average molecular weight is 322 g/mol. The number of phenols is 1. The zero-order valence-electron chi connectivity index (χ0n) is 12.2. The van der Waals surface area contributed by atoms with Crippen molar-refractivity contribution in [3.05, 3.63) is 48.0 Å². The van der Waals surface area contributed by atoms with E-state index in [0.29, 0.717) is 22.7 Å². The van der Waals surface area contributed by atoms with Crippen LogP contribution >= 0.6 is 11.6 Å². The highest BCUT2D eigenvalue weighted by molar-refractivity contribution is 6.32. The van der Waals surface area contributed by atoms with E-state index in [4.69, 9.17) is 21.1 Å². The lowest BCUT2D eigenvalue weighted by molar-refractivity contribution is -0.116. The second-order valence-electron chi connectivity index (χ2n) is 4.51. The van der Waals surface area contributed by atoms with Crippen LogP contribution in [-0.2, 0) is 4.79 Å². The van der Waals surface area contributed by atoms with Crippen molar-refractivity contribution in [3.8, 4) is 17.2 Å². The van der Waals surface area contributed by atoms with Gasteiger partial charge < -0.3 is 19.9 Å². The van der Waals surface area contributed by atoms with Crippen molar-refractivity contribution in [2.45, 2.75) is 5.38 Å². The largest absolute Gasteiger partial charge is 0.508 e. The molecular weight excluding hydrogens is 306 g/mol. The molecular formula is C16H16ClNO4. The summed E-state index contributed by atoms with van der Waals surface area (Å²) in [6.45, 7) is 0. The number of alkyl halides is 1. The summed E-state index contributed by atoms with van der Waals surface area (Å²) in [6, 6.07) is 11.2. The fraction of sp³-hybridized carbons (Fsp3) is 0.188. The van der Waals surface area contributed by atoms with Crippen LogP contribution in [0.2, 0.25) is 0 Å². The Morgan fingerprint density at radius 1 is 1.09 bits per heavy atom. The van der Waals surface area contributed by atoms with Gasteiger partial charge in [0, 0.05) is 5.69 Å². The highest BCUT2D eigenvalue weighted by Crippen LogP contribution is 2.32. The number of aromatic hydroxyl groups is 1. The normalized spacial score (nSPS) is 11.6. The van der Waals surface area contributed by atoms with Crippen LogP contribution in [0.4, 0.5) is 5.69 Å². The molecule has 2 rings (SSSR count). The SMILES string of the molecule is COc1ccc(C(Cl)C(=O)Nc2ccc(O)cc2)cc1OC. The second-order valence-corrected chi connectivity index (χ2v) is 4.95. The van der Waals surface area contributed by atoms with Crippen LogP contribution in [0.25, 0.3) is 0 Å². The number of carbonyl (C=O) groups excluding carboxylic acids is 1. The smallest absolute Gasteiger partial charge is 0.246 e. The predicted octanol–water partition coefficient (Wildman–Crippen LogP) is 3.33. The molecule has 2 aromatic carbocycles. The van der Waals surface area contributed by atoms with Crippen molar-refractivity contribution in [3.63, 3.8) is 0 Å². The minimum Gasteiger partial charge on any atom is -0.508 e. The molecule has 0 bridgehead atoms. The van der Waals surface area contributed by atoms with Crippen molar-refractivity contribution >= 4 is 23.2 Å². The number of nitrogens with one attached hydrogen (secondary N) is 1. The molecule has 1 atom stereocenters. The first-order valence-corrected chi connectivity index (χ1v) is 6.94. The Bertz CT molecular complexity index is 658. The van der Waals surface area contributed by atoms with Gasteiger partial charge in [-0.1, -0.05) is 6.07 Å². The number of methoxy groups -OCH3 is 2. The number of amides is 1. The Hall–Kier alpha value is -2.40. The third-order valence-electron chi connectivity index (χ3n) is 3.07. The summed E-state index contributed by atoms with van der Waals surface area (Å²) in [4.78, 5) is 12.2. The van der Waals surface area contributed by atoms with Gasteiger partial charge in [-0.25, -0.2) is 0 Å². The Balaban J connectivity index is 2.14. The van der Waals surface area contributed by atoms with Crippen molar-refractivity contribution in [1.82, 2.24) is 0 Å². The van der Waals surface area contributed by atoms with E-state index in [1.54, 1.807) is 30.3 Å². The van der Waals surface area contributed by atoms with Gasteiger partial charge >= 0.3 is 0 Å².